The van der Waals surface area contributed by atoms with E-state index in [2.05, 4.69) is 59.4 Å². The van der Waals surface area contributed by atoms with Gasteiger partial charge in [0.25, 0.3) is 0 Å². The van der Waals surface area contributed by atoms with E-state index < -0.39 is 0 Å². The molecule has 2 heterocycles. The van der Waals surface area contributed by atoms with Crippen molar-refractivity contribution in [1.82, 2.24) is 9.80 Å². The van der Waals surface area contributed by atoms with Crippen molar-refractivity contribution >= 4 is 11.3 Å². The second kappa shape index (κ2) is 7.50. The summed E-state index contributed by atoms with van der Waals surface area (Å²) in [6, 6.07) is 8.97. The van der Waals surface area contributed by atoms with E-state index >= 15 is 0 Å². The summed E-state index contributed by atoms with van der Waals surface area (Å²) >= 11 is 0. The van der Waals surface area contributed by atoms with Gasteiger partial charge in [-0.1, -0.05) is 18.7 Å². The Balaban J connectivity index is 1.64. The van der Waals surface area contributed by atoms with E-state index in [0.29, 0.717) is 6.17 Å². The lowest BCUT2D eigenvalue weighted by Gasteiger charge is -2.40. The van der Waals surface area contributed by atoms with Gasteiger partial charge >= 0.3 is 0 Å². The fraction of sp³-hybridized carbons (Fsp3) is 0.600. The Kier molecular flexibility index (Phi) is 5.39. The largest absolute Gasteiger partial charge is 0.372 e. The van der Waals surface area contributed by atoms with Crippen molar-refractivity contribution in [3.8, 4) is 0 Å². The molecule has 1 atom stereocenters. The van der Waals surface area contributed by atoms with Gasteiger partial charge in [-0.2, -0.15) is 0 Å². The topological polar surface area (TPSA) is 9.72 Å². The molecule has 1 aromatic carbocycles. The van der Waals surface area contributed by atoms with Crippen LogP contribution < -0.4 is 4.90 Å². The Labute approximate surface area is 141 Å². The molecule has 0 radical (unpaired) electrons. The van der Waals surface area contributed by atoms with Gasteiger partial charge in [0.05, 0.1) is 6.17 Å². The summed E-state index contributed by atoms with van der Waals surface area (Å²) in [5, 5.41) is 0. The van der Waals surface area contributed by atoms with E-state index in [0.717, 1.165) is 19.6 Å². The van der Waals surface area contributed by atoms with Crippen LogP contribution in [0.3, 0.4) is 0 Å². The smallest absolute Gasteiger partial charge is 0.0625 e. The van der Waals surface area contributed by atoms with E-state index in [1.54, 1.807) is 0 Å². The van der Waals surface area contributed by atoms with Gasteiger partial charge in [-0.15, -0.1) is 0 Å². The van der Waals surface area contributed by atoms with Crippen LogP contribution in [0.25, 0.3) is 5.57 Å². The third-order valence-electron chi connectivity index (χ3n) is 5.44. The summed E-state index contributed by atoms with van der Waals surface area (Å²) in [4.78, 5) is 7.67. The third-order valence-corrected chi connectivity index (χ3v) is 5.44. The normalized spacial score (nSPS) is 22.1. The highest BCUT2D eigenvalue weighted by atomic mass is 15.4. The van der Waals surface area contributed by atoms with Gasteiger partial charge in [0.1, 0.15) is 0 Å². The van der Waals surface area contributed by atoms with Gasteiger partial charge in [-0.3, -0.25) is 9.80 Å². The van der Waals surface area contributed by atoms with Crippen molar-refractivity contribution in [3.63, 3.8) is 0 Å². The average Bonchev–Trinajstić information content (AvgIpc) is 3.06. The predicted octanol–water partition coefficient (Wildman–Crippen LogP) is 3.67. The number of anilines is 1. The molecule has 0 saturated carbocycles. The molecule has 1 unspecified atom stereocenters. The Bertz CT molecular complexity index is 518. The molecule has 23 heavy (non-hydrogen) atoms. The first kappa shape index (κ1) is 16.5. The average molecular weight is 313 g/mol. The van der Waals surface area contributed by atoms with Crippen molar-refractivity contribution in [2.45, 2.75) is 39.3 Å². The van der Waals surface area contributed by atoms with Gasteiger partial charge < -0.3 is 4.90 Å². The molecule has 2 aliphatic rings. The molecule has 0 bridgehead atoms. The minimum Gasteiger partial charge on any atom is -0.372 e. The molecule has 1 aromatic rings. The van der Waals surface area contributed by atoms with Crippen LogP contribution in [0.4, 0.5) is 5.69 Å². The molecular weight excluding hydrogens is 282 g/mol. The maximum absolute atomic E-state index is 4.37. The van der Waals surface area contributed by atoms with Crippen molar-refractivity contribution in [1.29, 1.82) is 0 Å². The van der Waals surface area contributed by atoms with Crippen LogP contribution in [0.2, 0.25) is 0 Å². The summed E-state index contributed by atoms with van der Waals surface area (Å²) in [5.74, 6) is 0. The minimum absolute atomic E-state index is 0.662. The molecule has 2 fully saturated rings. The molecule has 126 valence electrons. The predicted molar refractivity (Wildman–Crippen MR) is 99.8 cm³/mol. The minimum atomic E-state index is 0.662. The third kappa shape index (κ3) is 3.61. The summed E-state index contributed by atoms with van der Waals surface area (Å²) in [6.07, 6.45) is 4.64. The number of hydrogen-bond donors (Lipinski definition) is 0. The maximum atomic E-state index is 4.37. The lowest BCUT2D eigenvalue weighted by molar-refractivity contribution is 0.0457. The van der Waals surface area contributed by atoms with E-state index in [1.165, 1.54) is 55.7 Å². The van der Waals surface area contributed by atoms with E-state index in [9.17, 15) is 0 Å². The maximum Gasteiger partial charge on any atom is 0.0625 e. The van der Waals surface area contributed by atoms with Gasteiger partial charge in [0.2, 0.25) is 0 Å². The monoisotopic (exact) mass is 313 g/mol. The van der Waals surface area contributed by atoms with E-state index in [1.807, 2.05) is 0 Å². The molecule has 2 saturated heterocycles. The molecule has 0 aromatic heterocycles. The highest BCUT2D eigenvalue weighted by Gasteiger charge is 2.32. The Hall–Kier alpha value is -1.32. The summed E-state index contributed by atoms with van der Waals surface area (Å²) in [6.45, 7) is 15.7. The second-order valence-corrected chi connectivity index (χ2v) is 6.81. The quantitative estimate of drug-likeness (QED) is 0.793. The first-order chi connectivity index (χ1) is 11.2. The van der Waals surface area contributed by atoms with Crippen LogP contribution in [0.15, 0.2) is 30.8 Å². The fourth-order valence-electron chi connectivity index (χ4n) is 4.13. The molecule has 2 aliphatic heterocycles. The molecule has 0 amide bonds. The zero-order valence-corrected chi connectivity index (χ0v) is 14.8. The Morgan fingerprint density at radius 2 is 1.78 bits per heavy atom. The molecule has 0 spiro atoms. The van der Waals surface area contributed by atoms with Gasteiger partial charge in [-0.25, -0.2) is 0 Å². The van der Waals surface area contributed by atoms with Crippen LogP contribution in [0, 0.1) is 0 Å². The number of benzene rings is 1. The van der Waals surface area contributed by atoms with Crippen LogP contribution in [0.5, 0.6) is 0 Å². The molecule has 3 nitrogen and oxygen atoms in total. The molecule has 0 aliphatic carbocycles. The number of rotatable bonds is 6. The molecule has 3 rings (SSSR count). The lowest BCUT2D eigenvalue weighted by Crippen LogP contribution is -2.50. The summed E-state index contributed by atoms with van der Waals surface area (Å²) in [7, 11) is 0. The Morgan fingerprint density at radius 1 is 1.09 bits per heavy atom. The van der Waals surface area contributed by atoms with Crippen molar-refractivity contribution < 1.29 is 0 Å². The van der Waals surface area contributed by atoms with Crippen LogP contribution >= 0.6 is 0 Å². The lowest BCUT2D eigenvalue weighted by atomic mass is 10.0. The number of nitrogens with zero attached hydrogens (tertiary/aromatic N) is 3. The van der Waals surface area contributed by atoms with Crippen molar-refractivity contribution in [2.24, 2.45) is 0 Å². The van der Waals surface area contributed by atoms with E-state index in [4.69, 9.17) is 0 Å². The highest BCUT2D eigenvalue weighted by molar-refractivity contribution is 5.67. The SMILES string of the molecule is C=C(CN1CCCN2CCCC21)c1ccc(N(CC)CC)cc1. The van der Waals surface area contributed by atoms with Gasteiger partial charge in [-0.05, 0) is 62.9 Å². The Morgan fingerprint density at radius 3 is 2.48 bits per heavy atom. The number of hydrogen-bond acceptors (Lipinski definition) is 3. The highest BCUT2D eigenvalue weighted by Crippen LogP contribution is 2.27. The van der Waals surface area contributed by atoms with E-state index in [-0.39, 0.29) is 0 Å². The van der Waals surface area contributed by atoms with Crippen LogP contribution in [0.1, 0.15) is 38.7 Å². The van der Waals surface area contributed by atoms with Gasteiger partial charge in [0.15, 0.2) is 0 Å². The molecule has 0 N–H and O–H groups in total. The first-order valence-electron chi connectivity index (χ1n) is 9.24. The first-order valence-corrected chi connectivity index (χ1v) is 9.24. The van der Waals surface area contributed by atoms with Crippen LogP contribution in [-0.4, -0.2) is 55.2 Å². The molecule has 3 heteroatoms. The van der Waals surface area contributed by atoms with Crippen LogP contribution in [-0.2, 0) is 0 Å². The summed E-state index contributed by atoms with van der Waals surface area (Å²) in [5.41, 5.74) is 3.85. The van der Waals surface area contributed by atoms with Crippen molar-refractivity contribution in [2.75, 3.05) is 44.2 Å². The second-order valence-electron chi connectivity index (χ2n) is 6.81. The fourth-order valence-corrected chi connectivity index (χ4v) is 4.13. The number of fused-ring (bicyclic) bond motifs is 1. The summed E-state index contributed by atoms with van der Waals surface area (Å²) < 4.78 is 0. The molecular formula is C20H31N3. The zero-order valence-electron chi connectivity index (χ0n) is 14.8. The standard InChI is InChI=1S/C20H31N3/c1-4-21(5-2)19-11-9-18(10-12-19)17(3)16-23-15-7-14-22-13-6-8-20(22)23/h9-12,20H,3-8,13-16H2,1-2H3. The zero-order chi connectivity index (χ0) is 16.2. The van der Waals surface area contributed by atoms with Gasteiger partial charge in [0, 0.05) is 38.4 Å². The van der Waals surface area contributed by atoms with Crippen molar-refractivity contribution in [3.05, 3.63) is 36.4 Å².